The SMILES string of the molecule is C[C@@H](c1ccccc1)N1C(=O)N[C@H](CCC(=O)O)C1=O. The highest BCUT2D eigenvalue weighted by Crippen LogP contribution is 2.25. The van der Waals surface area contributed by atoms with E-state index in [-0.39, 0.29) is 24.8 Å². The number of hydrogen-bond donors (Lipinski definition) is 2. The van der Waals surface area contributed by atoms with Crippen molar-refractivity contribution in [3.8, 4) is 0 Å². The Balaban J connectivity index is 2.11. The topological polar surface area (TPSA) is 86.7 Å². The fourth-order valence-electron chi connectivity index (χ4n) is 2.26. The van der Waals surface area contributed by atoms with Gasteiger partial charge in [-0.2, -0.15) is 0 Å². The van der Waals surface area contributed by atoms with E-state index in [1.54, 1.807) is 6.92 Å². The van der Waals surface area contributed by atoms with Crippen molar-refractivity contribution in [2.75, 3.05) is 0 Å². The summed E-state index contributed by atoms with van der Waals surface area (Å²) in [4.78, 5) is 35.8. The minimum absolute atomic E-state index is 0.109. The highest BCUT2D eigenvalue weighted by Gasteiger charge is 2.40. The summed E-state index contributed by atoms with van der Waals surface area (Å²) in [5, 5.41) is 11.2. The van der Waals surface area contributed by atoms with Crippen LogP contribution in [0.15, 0.2) is 30.3 Å². The molecule has 1 fully saturated rings. The first-order chi connectivity index (χ1) is 9.50. The highest BCUT2D eigenvalue weighted by atomic mass is 16.4. The molecule has 1 aliphatic rings. The number of amides is 3. The Hall–Kier alpha value is -2.37. The van der Waals surface area contributed by atoms with Gasteiger partial charge in [-0.1, -0.05) is 30.3 Å². The van der Waals surface area contributed by atoms with Crippen LogP contribution in [0.3, 0.4) is 0 Å². The number of carboxylic acids is 1. The lowest BCUT2D eigenvalue weighted by Crippen LogP contribution is -2.34. The number of benzene rings is 1. The Labute approximate surface area is 116 Å². The molecule has 20 heavy (non-hydrogen) atoms. The summed E-state index contributed by atoms with van der Waals surface area (Å²) in [5.74, 6) is -1.35. The Kier molecular flexibility index (Phi) is 4.02. The normalized spacial score (nSPS) is 19.9. The van der Waals surface area contributed by atoms with Crippen molar-refractivity contribution in [2.24, 2.45) is 0 Å². The van der Waals surface area contributed by atoms with Crippen LogP contribution >= 0.6 is 0 Å². The molecular formula is C14H16N2O4. The van der Waals surface area contributed by atoms with Crippen LogP contribution < -0.4 is 5.32 Å². The standard InChI is InChI=1S/C14H16N2O4/c1-9(10-5-3-2-4-6-10)16-13(19)11(15-14(16)20)7-8-12(17)18/h2-6,9,11H,7-8H2,1H3,(H,15,20)(H,17,18)/t9-,11+/m0/s1. The molecule has 6 nitrogen and oxygen atoms in total. The van der Waals surface area contributed by atoms with E-state index in [2.05, 4.69) is 5.32 Å². The minimum atomic E-state index is -0.985. The van der Waals surface area contributed by atoms with Gasteiger partial charge >= 0.3 is 12.0 Å². The zero-order valence-electron chi connectivity index (χ0n) is 11.1. The maximum absolute atomic E-state index is 12.2. The maximum atomic E-state index is 12.2. The first kappa shape index (κ1) is 14.0. The molecule has 6 heteroatoms. The van der Waals surface area contributed by atoms with Gasteiger partial charge in [0, 0.05) is 6.42 Å². The van der Waals surface area contributed by atoms with Gasteiger partial charge in [0.1, 0.15) is 6.04 Å². The smallest absolute Gasteiger partial charge is 0.325 e. The Bertz CT molecular complexity index is 529. The van der Waals surface area contributed by atoms with Crippen LogP contribution in [0.4, 0.5) is 4.79 Å². The molecule has 0 unspecified atom stereocenters. The number of urea groups is 1. The van der Waals surface area contributed by atoms with Crippen LogP contribution in [0, 0.1) is 0 Å². The molecule has 1 aliphatic heterocycles. The molecular weight excluding hydrogens is 260 g/mol. The summed E-state index contributed by atoms with van der Waals surface area (Å²) in [5.41, 5.74) is 0.856. The fraction of sp³-hybridized carbons (Fsp3) is 0.357. The largest absolute Gasteiger partial charge is 0.481 e. The van der Waals surface area contributed by atoms with Crippen LogP contribution in [0.5, 0.6) is 0 Å². The van der Waals surface area contributed by atoms with E-state index in [0.717, 1.165) is 10.5 Å². The van der Waals surface area contributed by atoms with Gasteiger partial charge < -0.3 is 10.4 Å². The first-order valence-electron chi connectivity index (χ1n) is 6.41. The molecule has 0 saturated carbocycles. The molecule has 0 spiro atoms. The molecule has 2 N–H and O–H groups in total. The molecule has 3 amide bonds. The zero-order chi connectivity index (χ0) is 14.7. The number of imide groups is 1. The zero-order valence-corrected chi connectivity index (χ0v) is 11.1. The Morgan fingerprint density at radius 1 is 1.35 bits per heavy atom. The minimum Gasteiger partial charge on any atom is -0.481 e. The lowest BCUT2D eigenvalue weighted by atomic mass is 10.1. The molecule has 1 heterocycles. The van der Waals surface area contributed by atoms with E-state index in [1.165, 1.54) is 0 Å². The number of carbonyl (C=O) groups excluding carboxylic acids is 2. The number of aliphatic carboxylic acids is 1. The van der Waals surface area contributed by atoms with E-state index in [4.69, 9.17) is 5.11 Å². The molecule has 2 atom stereocenters. The van der Waals surface area contributed by atoms with E-state index in [9.17, 15) is 14.4 Å². The number of hydrogen-bond acceptors (Lipinski definition) is 3. The molecule has 2 rings (SSSR count). The molecule has 106 valence electrons. The van der Waals surface area contributed by atoms with Crippen molar-refractivity contribution < 1.29 is 19.5 Å². The van der Waals surface area contributed by atoms with Gasteiger partial charge in [-0.3, -0.25) is 14.5 Å². The van der Waals surface area contributed by atoms with E-state index in [1.807, 2.05) is 30.3 Å². The van der Waals surface area contributed by atoms with Crippen molar-refractivity contribution in [2.45, 2.75) is 31.8 Å². The van der Waals surface area contributed by atoms with Gasteiger partial charge in [0.25, 0.3) is 5.91 Å². The van der Waals surface area contributed by atoms with Crippen molar-refractivity contribution in [1.82, 2.24) is 10.2 Å². The van der Waals surface area contributed by atoms with Crippen molar-refractivity contribution >= 4 is 17.9 Å². The molecule has 0 radical (unpaired) electrons. The predicted octanol–water partition coefficient (Wildman–Crippen LogP) is 1.53. The van der Waals surface area contributed by atoms with Crippen LogP contribution in [0.25, 0.3) is 0 Å². The second-order valence-electron chi connectivity index (χ2n) is 4.73. The highest BCUT2D eigenvalue weighted by molar-refractivity contribution is 6.04. The number of nitrogens with zero attached hydrogens (tertiary/aromatic N) is 1. The van der Waals surface area contributed by atoms with E-state index >= 15 is 0 Å². The second kappa shape index (κ2) is 5.73. The fourth-order valence-corrected chi connectivity index (χ4v) is 2.26. The van der Waals surface area contributed by atoms with Crippen LogP contribution in [0.1, 0.15) is 31.4 Å². The van der Waals surface area contributed by atoms with Crippen molar-refractivity contribution in [3.05, 3.63) is 35.9 Å². The van der Waals surface area contributed by atoms with Gasteiger partial charge in [0.05, 0.1) is 6.04 Å². The molecule has 1 saturated heterocycles. The maximum Gasteiger partial charge on any atom is 0.325 e. The second-order valence-corrected chi connectivity index (χ2v) is 4.73. The van der Waals surface area contributed by atoms with Gasteiger partial charge in [-0.25, -0.2) is 4.79 Å². The average molecular weight is 276 g/mol. The van der Waals surface area contributed by atoms with Crippen LogP contribution in [-0.2, 0) is 9.59 Å². The quantitative estimate of drug-likeness (QED) is 0.798. The number of carbonyl (C=O) groups is 3. The summed E-state index contributed by atoms with van der Waals surface area (Å²) in [6.07, 6.45) is -0.0395. The summed E-state index contributed by atoms with van der Waals surface area (Å²) >= 11 is 0. The van der Waals surface area contributed by atoms with Crippen LogP contribution in [0.2, 0.25) is 0 Å². The van der Waals surface area contributed by atoms with Gasteiger partial charge in [0.15, 0.2) is 0 Å². The molecule has 1 aromatic rings. The lowest BCUT2D eigenvalue weighted by Gasteiger charge is -2.21. The van der Waals surface area contributed by atoms with Crippen molar-refractivity contribution in [3.63, 3.8) is 0 Å². The van der Waals surface area contributed by atoms with Gasteiger partial charge in [-0.05, 0) is 18.9 Å². The molecule has 0 bridgehead atoms. The molecule has 0 aliphatic carbocycles. The van der Waals surface area contributed by atoms with Crippen molar-refractivity contribution in [1.29, 1.82) is 0 Å². The van der Waals surface area contributed by atoms with Gasteiger partial charge in [-0.15, -0.1) is 0 Å². The number of rotatable bonds is 5. The third-order valence-corrected chi connectivity index (χ3v) is 3.37. The summed E-state index contributed by atoms with van der Waals surface area (Å²) < 4.78 is 0. The van der Waals surface area contributed by atoms with Gasteiger partial charge in [0.2, 0.25) is 0 Å². The first-order valence-corrected chi connectivity index (χ1v) is 6.41. The average Bonchev–Trinajstić information content (AvgIpc) is 2.71. The number of nitrogens with one attached hydrogen (secondary N) is 1. The summed E-state index contributed by atoms with van der Waals surface area (Å²) in [7, 11) is 0. The third kappa shape index (κ3) is 2.79. The molecule has 1 aromatic carbocycles. The Morgan fingerprint density at radius 3 is 2.60 bits per heavy atom. The van der Waals surface area contributed by atoms with E-state index < -0.39 is 18.0 Å². The monoisotopic (exact) mass is 276 g/mol. The molecule has 0 aromatic heterocycles. The lowest BCUT2D eigenvalue weighted by molar-refractivity contribution is -0.137. The van der Waals surface area contributed by atoms with E-state index in [0.29, 0.717) is 0 Å². The summed E-state index contributed by atoms with van der Waals surface area (Å²) in [6, 6.07) is 7.63. The number of carboxylic acid groups (broad SMARTS) is 1. The van der Waals surface area contributed by atoms with Crippen LogP contribution in [-0.4, -0.2) is 34.0 Å². The summed E-state index contributed by atoms with van der Waals surface area (Å²) in [6.45, 7) is 1.77. The third-order valence-electron chi connectivity index (χ3n) is 3.37. The predicted molar refractivity (Wildman–Crippen MR) is 70.9 cm³/mol. The Morgan fingerprint density at radius 2 is 2.00 bits per heavy atom.